The van der Waals surface area contributed by atoms with E-state index in [1.54, 1.807) is 55.5 Å². The first-order chi connectivity index (χ1) is 21.9. The number of carboxylic acids is 1. The maximum absolute atomic E-state index is 14.1. The highest BCUT2D eigenvalue weighted by molar-refractivity contribution is 7.07. The number of carbonyl (C=O) groups is 2. The molecule has 0 amide bonds. The molecule has 11 heteroatoms. The summed E-state index contributed by atoms with van der Waals surface area (Å²) >= 11 is 1.17. The molecule has 0 bridgehead atoms. The summed E-state index contributed by atoms with van der Waals surface area (Å²) in [6.45, 7) is 1.93. The molecule has 4 heterocycles. The van der Waals surface area contributed by atoms with Crippen LogP contribution in [0.15, 0.2) is 105 Å². The molecule has 0 aliphatic carbocycles. The zero-order valence-corrected chi connectivity index (χ0v) is 24.6. The molecule has 0 fully saturated rings. The van der Waals surface area contributed by atoms with Gasteiger partial charge in [0.05, 0.1) is 34.0 Å². The van der Waals surface area contributed by atoms with Gasteiger partial charge < -0.3 is 23.7 Å². The topological polar surface area (TPSA) is 130 Å². The fraction of sp³-hybridized carbons (Fsp3) is 0.118. The second-order valence-corrected chi connectivity index (χ2v) is 11.1. The predicted molar refractivity (Wildman–Crippen MR) is 165 cm³/mol. The van der Waals surface area contributed by atoms with Crippen molar-refractivity contribution in [2.24, 2.45) is 4.99 Å². The predicted octanol–water partition coefficient (Wildman–Crippen LogP) is 4.62. The molecule has 2 aliphatic rings. The lowest BCUT2D eigenvalue weighted by Crippen LogP contribution is -2.40. The fourth-order valence-corrected chi connectivity index (χ4v) is 6.34. The second kappa shape index (κ2) is 11.4. The Morgan fingerprint density at radius 1 is 1.00 bits per heavy atom. The van der Waals surface area contributed by atoms with E-state index in [1.165, 1.54) is 28.0 Å². The molecular formula is C34H24N2O8S. The van der Waals surface area contributed by atoms with Crippen LogP contribution < -0.4 is 24.4 Å². The number of fused-ring (bicyclic) bond motifs is 2. The smallest absolute Gasteiger partial charge is 0.338 e. The number of rotatable bonds is 7. The van der Waals surface area contributed by atoms with Crippen molar-refractivity contribution in [3.63, 3.8) is 0 Å². The summed E-state index contributed by atoms with van der Waals surface area (Å²) in [7, 11) is 0. The maximum atomic E-state index is 14.1. The number of ether oxygens (including phenoxy) is 3. The number of carboxylic acid groups (broad SMARTS) is 1. The zero-order chi connectivity index (χ0) is 31.1. The Balaban J connectivity index is 1.41. The lowest BCUT2D eigenvalue weighted by molar-refractivity contribution is -0.138. The van der Waals surface area contributed by atoms with Crippen LogP contribution in [0.3, 0.4) is 0 Å². The normalized spacial score (nSPS) is 15.5. The third-order valence-electron chi connectivity index (χ3n) is 7.38. The molecular weight excluding hydrogens is 596 g/mol. The van der Waals surface area contributed by atoms with Crippen LogP contribution in [0.2, 0.25) is 0 Å². The van der Waals surface area contributed by atoms with E-state index < -0.39 is 18.0 Å². The van der Waals surface area contributed by atoms with Gasteiger partial charge in [0.1, 0.15) is 11.5 Å². The van der Waals surface area contributed by atoms with Gasteiger partial charge in [-0.3, -0.25) is 9.36 Å². The Morgan fingerprint density at radius 3 is 2.60 bits per heavy atom. The molecule has 1 N–H and O–H groups in total. The number of aromatic nitrogens is 1. The molecule has 2 aliphatic heterocycles. The Morgan fingerprint density at radius 2 is 1.80 bits per heavy atom. The van der Waals surface area contributed by atoms with E-state index in [9.17, 15) is 19.5 Å². The first kappa shape index (κ1) is 28.1. The molecule has 1 atom stereocenters. The molecule has 7 rings (SSSR count). The van der Waals surface area contributed by atoms with Gasteiger partial charge in [0.15, 0.2) is 16.3 Å². The highest BCUT2D eigenvalue weighted by Gasteiger charge is 2.36. The van der Waals surface area contributed by atoms with Crippen LogP contribution in [0.5, 0.6) is 11.5 Å². The van der Waals surface area contributed by atoms with Crippen molar-refractivity contribution < 1.29 is 33.3 Å². The third kappa shape index (κ3) is 5.12. The van der Waals surface area contributed by atoms with Gasteiger partial charge in [-0.05, 0) is 48.9 Å². The van der Waals surface area contributed by atoms with E-state index in [4.69, 9.17) is 23.6 Å². The zero-order valence-electron chi connectivity index (χ0n) is 23.8. The van der Waals surface area contributed by atoms with Crippen molar-refractivity contribution in [2.45, 2.75) is 13.0 Å². The third-order valence-corrected chi connectivity index (χ3v) is 8.36. The first-order valence-electron chi connectivity index (χ1n) is 14.0. The summed E-state index contributed by atoms with van der Waals surface area (Å²) < 4.78 is 24.5. The van der Waals surface area contributed by atoms with Crippen molar-refractivity contribution in [1.29, 1.82) is 0 Å². The van der Waals surface area contributed by atoms with Crippen molar-refractivity contribution in [3.05, 3.63) is 133 Å². The van der Waals surface area contributed by atoms with Crippen molar-refractivity contribution in [1.82, 2.24) is 4.57 Å². The number of furan rings is 1. The summed E-state index contributed by atoms with van der Waals surface area (Å²) in [5, 5.41) is 9.36. The molecule has 0 spiro atoms. The van der Waals surface area contributed by atoms with Gasteiger partial charge in [0, 0.05) is 17.2 Å². The number of benzene rings is 3. The van der Waals surface area contributed by atoms with Crippen molar-refractivity contribution in [3.8, 4) is 22.8 Å². The number of thiazole rings is 1. The van der Waals surface area contributed by atoms with Crippen LogP contribution >= 0.6 is 11.3 Å². The molecule has 45 heavy (non-hydrogen) atoms. The SMILES string of the molecule is CCOC(=O)C1=C(c2ccccc2)N=c2s/c(=C\c3ccc(-c4cccc(C(=O)O)c4)o3)c(=O)n2[C@H]1c1ccc2c(c1)OCO2. The summed E-state index contributed by atoms with van der Waals surface area (Å²) in [5.74, 6) is 0.287. The molecule has 5 aromatic rings. The molecule has 0 saturated heterocycles. The van der Waals surface area contributed by atoms with Gasteiger partial charge in [-0.1, -0.05) is 59.9 Å². The summed E-state index contributed by atoms with van der Waals surface area (Å²) in [6, 6.07) is 23.6. The number of hydrogen-bond acceptors (Lipinski definition) is 9. The van der Waals surface area contributed by atoms with E-state index in [-0.39, 0.29) is 30.1 Å². The van der Waals surface area contributed by atoms with Crippen LogP contribution in [-0.2, 0) is 9.53 Å². The van der Waals surface area contributed by atoms with Crippen molar-refractivity contribution >= 4 is 35.0 Å². The second-order valence-electron chi connectivity index (χ2n) is 10.1. The number of carbonyl (C=O) groups excluding carboxylic acids is 1. The molecule has 2 aromatic heterocycles. The summed E-state index contributed by atoms with van der Waals surface area (Å²) in [6.07, 6.45) is 1.61. The van der Waals surface area contributed by atoms with E-state index in [0.717, 1.165) is 0 Å². The van der Waals surface area contributed by atoms with E-state index >= 15 is 0 Å². The maximum Gasteiger partial charge on any atom is 0.338 e. The summed E-state index contributed by atoms with van der Waals surface area (Å²) in [4.78, 5) is 44.5. The first-order valence-corrected chi connectivity index (χ1v) is 14.8. The lowest BCUT2D eigenvalue weighted by Gasteiger charge is -2.26. The molecule has 0 radical (unpaired) electrons. The monoisotopic (exact) mass is 620 g/mol. The Kier molecular flexibility index (Phi) is 7.14. The van der Waals surface area contributed by atoms with E-state index in [0.29, 0.717) is 54.7 Å². The average Bonchev–Trinajstić information content (AvgIpc) is 3.80. The van der Waals surface area contributed by atoms with Crippen LogP contribution in [0.25, 0.3) is 23.1 Å². The highest BCUT2D eigenvalue weighted by atomic mass is 32.1. The molecule has 224 valence electrons. The Bertz CT molecular complexity index is 2190. The van der Waals surface area contributed by atoms with Crippen LogP contribution in [0.1, 0.15) is 40.2 Å². The fourth-order valence-electron chi connectivity index (χ4n) is 5.36. The van der Waals surface area contributed by atoms with Gasteiger partial charge in [-0.2, -0.15) is 0 Å². The average molecular weight is 621 g/mol. The molecule has 10 nitrogen and oxygen atoms in total. The van der Waals surface area contributed by atoms with Gasteiger partial charge in [0.2, 0.25) is 6.79 Å². The molecule has 3 aromatic carbocycles. The minimum Gasteiger partial charge on any atom is -0.478 e. The Labute approximate surface area is 259 Å². The standard InChI is InChI=1S/C34H24N2O8S/c1-2-41-33(40)28-29(19-7-4-3-5-8-19)35-34-36(30(28)21-11-13-25-26(16-21)43-18-42-25)31(37)27(45-34)17-23-12-14-24(44-23)20-9-6-10-22(15-20)32(38)39/h3-17,30H,2,18H2,1H3,(H,38,39)/b27-17-/t30-/m0/s1. The number of nitrogens with zero attached hydrogens (tertiary/aromatic N) is 2. The molecule has 0 saturated carbocycles. The summed E-state index contributed by atoms with van der Waals surface area (Å²) in [5.41, 5.74) is 2.29. The molecule has 0 unspecified atom stereocenters. The Hall–Kier alpha value is -5.68. The van der Waals surface area contributed by atoms with Gasteiger partial charge >= 0.3 is 11.9 Å². The van der Waals surface area contributed by atoms with Gasteiger partial charge in [-0.25, -0.2) is 14.6 Å². The van der Waals surface area contributed by atoms with Gasteiger partial charge in [-0.15, -0.1) is 0 Å². The highest BCUT2D eigenvalue weighted by Crippen LogP contribution is 2.40. The number of aromatic carboxylic acids is 1. The van der Waals surface area contributed by atoms with Crippen LogP contribution in [-0.4, -0.2) is 35.0 Å². The van der Waals surface area contributed by atoms with Crippen LogP contribution in [0, 0.1) is 0 Å². The minimum absolute atomic E-state index is 0.0725. The quantitative estimate of drug-likeness (QED) is 0.261. The number of hydrogen-bond donors (Lipinski definition) is 1. The van der Waals surface area contributed by atoms with E-state index in [2.05, 4.69) is 0 Å². The van der Waals surface area contributed by atoms with E-state index in [1.807, 2.05) is 30.3 Å². The number of esters is 1. The lowest BCUT2D eigenvalue weighted by atomic mass is 9.93. The van der Waals surface area contributed by atoms with Gasteiger partial charge in [0.25, 0.3) is 5.56 Å². The van der Waals surface area contributed by atoms with Crippen LogP contribution in [0.4, 0.5) is 0 Å². The van der Waals surface area contributed by atoms with Crippen molar-refractivity contribution in [2.75, 3.05) is 13.4 Å². The largest absolute Gasteiger partial charge is 0.478 e. The minimum atomic E-state index is -1.04.